The molecule has 2 saturated heterocycles. The van der Waals surface area contributed by atoms with Crippen LogP contribution >= 0.6 is 11.8 Å². The molecule has 2 heterocycles. The molecule has 2 aliphatic heterocycles. The molecular weight excluding hydrogens is 285 g/mol. The zero-order valence-electron chi connectivity index (χ0n) is 10.8. The van der Waals surface area contributed by atoms with Gasteiger partial charge in [-0.3, -0.25) is 4.79 Å². The summed E-state index contributed by atoms with van der Waals surface area (Å²) in [6, 6.07) is 4.83. The number of hydrogen-bond donors (Lipinski definition) is 0. The van der Waals surface area contributed by atoms with E-state index in [1.54, 1.807) is 0 Å². The van der Waals surface area contributed by atoms with Gasteiger partial charge in [-0.1, -0.05) is 12.1 Å². The van der Waals surface area contributed by atoms with Gasteiger partial charge >= 0.3 is 6.18 Å². The van der Waals surface area contributed by atoms with Crippen molar-refractivity contribution in [3.8, 4) is 0 Å². The highest BCUT2D eigenvalue weighted by molar-refractivity contribution is 8.00. The maximum atomic E-state index is 12.7. The van der Waals surface area contributed by atoms with Gasteiger partial charge in [-0.05, 0) is 37.8 Å². The van der Waals surface area contributed by atoms with E-state index in [9.17, 15) is 18.0 Å². The molecule has 0 amide bonds. The second kappa shape index (κ2) is 5.10. The minimum absolute atomic E-state index is 0.0998. The Hall–Kier alpha value is -0.970. The number of halogens is 3. The Morgan fingerprint density at radius 1 is 1.15 bits per heavy atom. The molecule has 108 valence electrons. The molecule has 5 heteroatoms. The summed E-state index contributed by atoms with van der Waals surface area (Å²) >= 11 is 1.94. The van der Waals surface area contributed by atoms with Gasteiger partial charge in [-0.25, -0.2) is 0 Å². The van der Waals surface area contributed by atoms with E-state index in [4.69, 9.17) is 0 Å². The van der Waals surface area contributed by atoms with Crippen molar-refractivity contribution in [2.24, 2.45) is 5.92 Å². The number of benzene rings is 1. The fraction of sp³-hybridized carbons (Fsp3) is 0.533. The van der Waals surface area contributed by atoms with E-state index >= 15 is 0 Å². The lowest BCUT2D eigenvalue weighted by Crippen LogP contribution is -2.25. The van der Waals surface area contributed by atoms with Crippen LogP contribution in [-0.4, -0.2) is 16.3 Å². The van der Waals surface area contributed by atoms with Crippen LogP contribution in [0.1, 0.15) is 41.6 Å². The summed E-state index contributed by atoms with van der Waals surface area (Å²) in [4.78, 5) is 12.4. The first kappa shape index (κ1) is 14.0. The lowest BCUT2D eigenvalue weighted by atomic mass is 9.90. The molecule has 0 aliphatic carbocycles. The van der Waals surface area contributed by atoms with E-state index in [2.05, 4.69) is 0 Å². The Balaban J connectivity index is 1.80. The van der Waals surface area contributed by atoms with Crippen LogP contribution in [-0.2, 0) is 6.18 Å². The third-order valence-corrected chi connectivity index (χ3v) is 5.76. The summed E-state index contributed by atoms with van der Waals surface area (Å²) in [5.74, 6) is -0.217. The first-order chi connectivity index (χ1) is 9.43. The number of fused-ring (bicyclic) bond motifs is 2. The summed E-state index contributed by atoms with van der Waals surface area (Å²) in [5.41, 5.74) is -0.535. The predicted octanol–water partition coefficient (Wildman–Crippen LogP) is 4.56. The second-order valence-corrected chi connectivity index (χ2v) is 7.17. The van der Waals surface area contributed by atoms with Crippen LogP contribution in [0.3, 0.4) is 0 Å². The van der Waals surface area contributed by atoms with Crippen LogP contribution in [0.5, 0.6) is 0 Å². The molecule has 0 saturated carbocycles. The fourth-order valence-electron chi connectivity index (χ4n) is 3.16. The highest BCUT2D eigenvalue weighted by Crippen LogP contribution is 2.46. The Kier molecular flexibility index (Phi) is 3.56. The molecule has 3 rings (SSSR count). The largest absolute Gasteiger partial charge is 0.416 e. The van der Waals surface area contributed by atoms with Crippen molar-refractivity contribution in [2.45, 2.75) is 42.4 Å². The summed E-state index contributed by atoms with van der Waals surface area (Å²) in [5, 5.41) is 1.04. The van der Waals surface area contributed by atoms with Gasteiger partial charge in [0, 0.05) is 22.0 Å². The topological polar surface area (TPSA) is 17.1 Å². The van der Waals surface area contributed by atoms with Crippen molar-refractivity contribution in [2.75, 3.05) is 0 Å². The zero-order chi connectivity index (χ0) is 14.3. The van der Waals surface area contributed by atoms with Crippen LogP contribution in [0.15, 0.2) is 24.3 Å². The second-order valence-electron chi connectivity index (χ2n) is 5.57. The Bertz CT molecular complexity index is 514. The first-order valence-corrected chi connectivity index (χ1v) is 7.74. The van der Waals surface area contributed by atoms with Gasteiger partial charge in [0.05, 0.1) is 5.56 Å². The van der Waals surface area contributed by atoms with E-state index in [0.717, 1.165) is 37.8 Å². The fourth-order valence-corrected chi connectivity index (χ4v) is 4.93. The third-order valence-electron chi connectivity index (χ3n) is 4.14. The highest BCUT2D eigenvalue weighted by Gasteiger charge is 2.38. The summed E-state index contributed by atoms with van der Waals surface area (Å²) in [6.07, 6.45) is -0.479. The Labute approximate surface area is 119 Å². The molecule has 2 bridgehead atoms. The van der Waals surface area contributed by atoms with Crippen LogP contribution in [0, 0.1) is 5.92 Å². The van der Waals surface area contributed by atoms with Gasteiger partial charge in [-0.2, -0.15) is 24.9 Å². The Morgan fingerprint density at radius 2 is 1.80 bits per heavy atom. The standard InChI is InChI=1S/C15H15F3OS/c16-15(17,18)11-3-1-2-9(6-11)14(19)10-7-12-4-5-13(8-10)20-12/h1-3,6,10,12-13H,4-5,7-8H2. The average Bonchev–Trinajstić information content (AvgIpc) is 2.76. The van der Waals surface area contributed by atoms with Crippen molar-refractivity contribution in [3.05, 3.63) is 35.4 Å². The van der Waals surface area contributed by atoms with Crippen molar-refractivity contribution in [3.63, 3.8) is 0 Å². The minimum atomic E-state index is -4.39. The van der Waals surface area contributed by atoms with Crippen molar-refractivity contribution in [1.82, 2.24) is 0 Å². The van der Waals surface area contributed by atoms with E-state index in [1.807, 2.05) is 11.8 Å². The zero-order valence-corrected chi connectivity index (χ0v) is 11.6. The molecule has 2 atom stereocenters. The molecule has 2 unspecified atom stereocenters. The molecule has 0 radical (unpaired) electrons. The van der Waals surface area contributed by atoms with E-state index in [0.29, 0.717) is 10.5 Å². The van der Waals surface area contributed by atoms with Crippen molar-refractivity contribution >= 4 is 17.5 Å². The lowest BCUT2D eigenvalue weighted by Gasteiger charge is -2.26. The van der Waals surface area contributed by atoms with Gasteiger partial charge in [0.2, 0.25) is 0 Å². The number of carbonyl (C=O) groups is 1. The van der Waals surface area contributed by atoms with Crippen LogP contribution in [0.4, 0.5) is 13.2 Å². The number of ketones is 1. The van der Waals surface area contributed by atoms with E-state index in [-0.39, 0.29) is 17.3 Å². The molecule has 1 aromatic rings. The third kappa shape index (κ3) is 2.73. The summed E-state index contributed by atoms with van der Waals surface area (Å²) < 4.78 is 38.1. The minimum Gasteiger partial charge on any atom is -0.294 e. The predicted molar refractivity (Wildman–Crippen MR) is 72.9 cm³/mol. The molecule has 2 fully saturated rings. The van der Waals surface area contributed by atoms with Gasteiger partial charge in [0.25, 0.3) is 0 Å². The lowest BCUT2D eigenvalue weighted by molar-refractivity contribution is -0.137. The molecular formula is C15H15F3OS. The number of carbonyl (C=O) groups excluding carboxylic acids is 1. The number of Topliss-reactive ketones (excluding diaryl/α,β-unsaturated/α-hetero) is 1. The maximum Gasteiger partial charge on any atom is 0.416 e. The van der Waals surface area contributed by atoms with Crippen molar-refractivity contribution < 1.29 is 18.0 Å². The van der Waals surface area contributed by atoms with E-state index in [1.165, 1.54) is 12.1 Å². The summed E-state index contributed by atoms with van der Waals surface area (Å²) in [7, 11) is 0. The number of alkyl halides is 3. The van der Waals surface area contributed by atoms with Crippen molar-refractivity contribution in [1.29, 1.82) is 0 Å². The molecule has 0 N–H and O–H groups in total. The molecule has 1 aromatic carbocycles. The number of thioether (sulfide) groups is 1. The van der Waals surface area contributed by atoms with Gasteiger partial charge in [-0.15, -0.1) is 0 Å². The Morgan fingerprint density at radius 3 is 2.40 bits per heavy atom. The van der Waals surface area contributed by atoms with E-state index < -0.39 is 11.7 Å². The average molecular weight is 300 g/mol. The number of rotatable bonds is 2. The maximum absolute atomic E-state index is 12.7. The monoisotopic (exact) mass is 300 g/mol. The molecule has 2 aliphatic rings. The summed E-state index contributed by atoms with van der Waals surface area (Å²) in [6.45, 7) is 0. The van der Waals surface area contributed by atoms with Crippen LogP contribution in [0.2, 0.25) is 0 Å². The molecule has 20 heavy (non-hydrogen) atoms. The van der Waals surface area contributed by atoms with Gasteiger partial charge in [0.1, 0.15) is 0 Å². The number of hydrogen-bond acceptors (Lipinski definition) is 2. The van der Waals surface area contributed by atoms with Crippen LogP contribution in [0.25, 0.3) is 0 Å². The molecule has 1 nitrogen and oxygen atoms in total. The first-order valence-electron chi connectivity index (χ1n) is 6.80. The smallest absolute Gasteiger partial charge is 0.294 e. The SMILES string of the molecule is O=C(c1cccc(C(F)(F)F)c1)C1CC2CCC(C1)S2. The normalized spacial score (nSPS) is 29.4. The quantitative estimate of drug-likeness (QED) is 0.745. The van der Waals surface area contributed by atoms with Gasteiger partial charge < -0.3 is 0 Å². The highest BCUT2D eigenvalue weighted by atomic mass is 32.2. The molecule has 0 aromatic heterocycles. The van der Waals surface area contributed by atoms with Gasteiger partial charge in [0.15, 0.2) is 5.78 Å². The molecule has 0 spiro atoms. The van der Waals surface area contributed by atoms with Crippen LogP contribution < -0.4 is 0 Å².